The Bertz CT molecular complexity index is 738. The van der Waals surface area contributed by atoms with E-state index in [0.29, 0.717) is 25.1 Å². The first-order valence-electron chi connectivity index (χ1n) is 8.26. The van der Waals surface area contributed by atoms with Crippen LogP contribution in [0.2, 0.25) is 0 Å². The zero-order valence-electron chi connectivity index (χ0n) is 13.8. The third-order valence-electron chi connectivity index (χ3n) is 4.08. The largest absolute Gasteiger partial charge is 0.389 e. The van der Waals surface area contributed by atoms with Crippen molar-refractivity contribution in [1.29, 1.82) is 0 Å². The zero-order valence-corrected chi connectivity index (χ0v) is 13.8. The average Bonchev–Trinajstić information content (AvgIpc) is 2.76. The van der Waals surface area contributed by atoms with E-state index in [-0.39, 0.29) is 24.9 Å². The highest BCUT2D eigenvalue weighted by molar-refractivity contribution is 5.96. The number of benzene rings is 2. The lowest BCUT2D eigenvalue weighted by Gasteiger charge is -2.26. The van der Waals surface area contributed by atoms with Gasteiger partial charge in [0.05, 0.1) is 30.7 Å². The van der Waals surface area contributed by atoms with Gasteiger partial charge >= 0.3 is 0 Å². The number of hydrogen-bond acceptors (Lipinski definition) is 4. The first-order chi connectivity index (χ1) is 12.1. The molecule has 0 fully saturated rings. The Labute approximate surface area is 146 Å². The Morgan fingerprint density at radius 2 is 1.96 bits per heavy atom. The lowest BCUT2D eigenvalue weighted by molar-refractivity contribution is -0.116. The van der Waals surface area contributed by atoms with Crippen molar-refractivity contribution in [3.05, 3.63) is 59.9 Å². The molecule has 25 heavy (non-hydrogen) atoms. The number of amides is 1. The van der Waals surface area contributed by atoms with Crippen LogP contribution in [0.3, 0.4) is 0 Å². The molecular formula is C19H21FN2O3. The van der Waals surface area contributed by atoms with Gasteiger partial charge < -0.3 is 20.1 Å². The van der Waals surface area contributed by atoms with Gasteiger partial charge in [-0.3, -0.25) is 4.79 Å². The molecule has 1 aliphatic heterocycles. The van der Waals surface area contributed by atoms with Gasteiger partial charge in [-0.05, 0) is 18.2 Å². The molecule has 132 valence electrons. The van der Waals surface area contributed by atoms with E-state index in [1.54, 1.807) is 18.2 Å². The van der Waals surface area contributed by atoms with Gasteiger partial charge in [-0.2, -0.15) is 0 Å². The van der Waals surface area contributed by atoms with Crippen molar-refractivity contribution in [2.24, 2.45) is 0 Å². The number of carbonyl (C=O) groups excluding carboxylic acids is 1. The lowest BCUT2D eigenvalue weighted by atomic mass is 10.2. The molecule has 2 aromatic rings. The van der Waals surface area contributed by atoms with Crippen LogP contribution in [0.25, 0.3) is 0 Å². The Kier molecular flexibility index (Phi) is 5.63. The predicted octanol–water partition coefficient (Wildman–Crippen LogP) is 2.55. The molecule has 1 atom stereocenters. The summed E-state index contributed by atoms with van der Waals surface area (Å²) in [5, 5.41) is 13.1. The number of para-hydroxylation sites is 2. The van der Waals surface area contributed by atoms with Crippen LogP contribution in [0.5, 0.6) is 0 Å². The lowest BCUT2D eigenvalue weighted by Crippen LogP contribution is -2.35. The van der Waals surface area contributed by atoms with Gasteiger partial charge in [-0.1, -0.05) is 30.3 Å². The summed E-state index contributed by atoms with van der Waals surface area (Å²) in [4.78, 5) is 13.7. The Hall–Kier alpha value is -2.44. The summed E-state index contributed by atoms with van der Waals surface area (Å²) in [5.74, 6) is -0.358. The second-order valence-corrected chi connectivity index (χ2v) is 6.02. The standard InChI is InChI=1S/C19H21FN2O3/c20-16-6-2-1-5-14(16)12-25-13-15(23)11-22-10-9-19(24)21-17-7-3-4-8-18(17)22/h1-8,15,23H,9-13H2,(H,21,24). The third-order valence-corrected chi connectivity index (χ3v) is 4.08. The Morgan fingerprint density at radius 3 is 2.80 bits per heavy atom. The molecule has 0 radical (unpaired) electrons. The van der Waals surface area contributed by atoms with Crippen molar-refractivity contribution in [1.82, 2.24) is 0 Å². The monoisotopic (exact) mass is 344 g/mol. The molecule has 1 heterocycles. The van der Waals surface area contributed by atoms with Gasteiger partial charge in [0.2, 0.25) is 5.91 Å². The zero-order chi connectivity index (χ0) is 17.6. The number of fused-ring (bicyclic) bond motifs is 1. The van der Waals surface area contributed by atoms with Crippen LogP contribution in [0.4, 0.5) is 15.8 Å². The maximum atomic E-state index is 13.5. The van der Waals surface area contributed by atoms with Gasteiger partial charge in [-0.25, -0.2) is 4.39 Å². The predicted molar refractivity (Wildman–Crippen MR) is 94.0 cm³/mol. The molecule has 0 bridgehead atoms. The molecule has 0 spiro atoms. The summed E-state index contributed by atoms with van der Waals surface area (Å²) in [6, 6.07) is 13.9. The molecule has 1 amide bonds. The number of aliphatic hydroxyl groups excluding tert-OH is 1. The fourth-order valence-corrected chi connectivity index (χ4v) is 2.84. The summed E-state index contributed by atoms with van der Waals surface area (Å²) in [5.41, 5.74) is 2.08. The quantitative estimate of drug-likeness (QED) is 0.845. The van der Waals surface area contributed by atoms with Gasteiger partial charge in [0.25, 0.3) is 0 Å². The molecule has 0 saturated carbocycles. The number of aliphatic hydroxyl groups is 1. The fraction of sp³-hybridized carbons (Fsp3) is 0.316. The smallest absolute Gasteiger partial charge is 0.226 e. The maximum absolute atomic E-state index is 13.5. The number of anilines is 2. The minimum Gasteiger partial charge on any atom is -0.389 e. The molecule has 2 N–H and O–H groups in total. The molecule has 6 heteroatoms. The summed E-state index contributed by atoms with van der Waals surface area (Å²) < 4.78 is 19.0. The highest BCUT2D eigenvalue weighted by Gasteiger charge is 2.21. The molecule has 0 aromatic heterocycles. The first kappa shape index (κ1) is 17.4. The SMILES string of the molecule is O=C1CCN(CC(O)COCc2ccccc2F)c2ccccc2N1. The number of hydrogen-bond donors (Lipinski definition) is 2. The van der Waals surface area contributed by atoms with Crippen LogP contribution in [-0.4, -0.2) is 36.8 Å². The van der Waals surface area contributed by atoms with Crippen LogP contribution in [-0.2, 0) is 16.1 Å². The average molecular weight is 344 g/mol. The molecule has 0 saturated heterocycles. The molecule has 3 rings (SSSR count). The van der Waals surface area contributed by atoms with E-state index in [1.165, 1.54) is 6.07 Å². The van der Waals surface area contributed by atoms with Crippen molar-refractivity contribution < 1.29 is 19.0 Å². The van der Waals surface area contributed by atoms with Crippen molar-refractivity contribution in [3.63, 3.8) is 0 Å². The van der Waals surface area contributed by atoms with Crippen molar-refractivity contribution in [3.8, 4) is 0 Å². The van der Waals surface area contributed by atoms with Crippen LogP contribution < -0.4 is 10.2 Å². The fourth-order valence-electron chi connectivity index (χ4n) is 2.84. The van der Waals surface area contributed by atoms with Crippen LogP contribution >= 0.6 is 0 Å². The summed E-state index contributed by atoms with van der Waals surface area (Å²) in [6.45, 7) is 1.06. The number of rotatable bonds is 6. The van der Waals surface area contributed by atoms with Crippen LogP contribution in [0.15, 0.2) is 48.5 Å². The molecule has 2 aromatic carbocycles. The molecule has 1 aliphatic rings. The molecule has 5 nitrogen and oxygen atoms in total. The molecule has 0 aliphatic carbocycles. The minimum absolute atomic E-state index is 0.0414. The first-order valence-corrected chi connectivity index (χ1v) is 8.26. The van der Waals surface area contributed by atoms with E-state index in [4.69, 9.17) is 4.74 Å². The van der Waals surface area contributed by atoms with Crippen molar-refractivity contribution in [2.75, 3.05) is 29.9 Å². The Morgan fingerprint density at radius 1 is 1.20 bits per heavy atom. The number of halogens is 1. The van der Waals surface area contributed by atoms with Crippen molar-refractivity contribution in [2.45, 2.75) is 19.1 Å². The summed E-state index contributed by atoms with van der Waals surface area (Å²) in [7, 11) is 0. The molecular weight excluding hydrogens is 323 g/mol. The van der Waals surface area contributed by atoms with E-state index in [9.17, 15) is 14.3 Å². The second kappa shape index (κ2) is 8.09. The summed E-state index contributed by atoms with van der Waals surface area (Å²) in [6.07, 6.45) is -0.384. The van der Waals surface area contributed by atoms with Gasteiger partial charge in [-0.15, -0.1) is 0 Å². The van der Waals surface area contributed by atoms with Gasteiger partial charge in [0.15, 0.2) is 0 Å². The number of β-amino-alcohol motifs (C(OH)–C–C–N with tert-alkyl or cyclic N) is 1. The van der Waals surface area contributed by atoms with Crippen LogP contribution in [0, 0.1) is 5.82 Å². The number of carbonyl (C=O) groups is 1. The summed E-state index contributed by atoms with van der Waals surface area (Å²) >= 11 is 0. The highest BCUT2D eigenvalue weighted by Crippen LogP contribution is 2.28. The van der Waals surface area contributed by atoms with E-state index in [1.807, 2.05) is 29.2 Å². The Balaban J connectivity index is 1.56. The number of ether oxygens (including phenoxy) is 1. The van der Waals surface area contributed by atoms with E-state index in [0.717, 1.165) is 11.4 Å². The highest BCUT2D eigenvalue weighted by atomic mass is 19.1. The van der Waals surface area contributed by atoms with Gasteiger partial charge in [0, 0.05) is 25.1 Å². The van der Waals surface area contributed by atoms with Crippen LogP contribution in [0.1, 0.15) is 12.0 Å². The molecule has 1 unspecified atom stereocenters. The maximum Gasteiger partial charge on any atom is 0.226 e. The topological polar surface area (TPSA) is 61.8 Å². The third kappa shape index (κ3) is 4.55. The normalized spacial score (nSPS) is 15.3. The number of nitrogens with one attached hydrogen (secondary N) is 1. The van der Waals surface area contributed by atoms with E-state index >= 15 is 0 Å². The second-order valence-electron chi connectivity index (χ2n) is 6.02. The van der Waals surface area contributed by atoms with Gasteiger partial charge in [0.1, 0.15) is 5.82 Å². The van der Waals surface area contributed by atoms with E-state index < -0.39 is 6.10 Å². The van der Waals surface area contributed by atoms with Crippen molar-refractivity contribution >= 4 is 17.3 Å². The number of nitrogens with zero attached hydrogens (tertiary/aromatic N) is 1. The van der Waals surface area contributed by atoms with E-state index in [2.05, 4.69) is 5.32 Å². The minimum atomic E-state index is -0.743.